The molecule has 158 valence electrons. The lowest BCUT2D eigenvalue weighted by Crippen LogP contribution is -2.51. The molecule has 0 aromatic carbocycles. The molecule has 0 spiro atoms. The van der Waals surface area contributed by atoms with Crippen molar-refractivity contribution in [3.05, 3.63) is 0 Å². The van der Waals surface area contributed by atoms with Gasteiger partial charge in [-0.1, -0.05) is 13.8 Å². The Morgan fingerprint density at radius 3 is 1.42 bits per heavy atom. The summed E-state index contributed by atoms with van der Waals surface area (Å²) in [4.78, 5) is 7.47. The van der Waals surface area contributed by atoms with Crippen LogP contribution in [0.25, 0.3) is 0 Å². The van der Waals surface area contributed by atoms with Gasteiger partial charge in [0.15, 0.2) is 0 Å². The van der Waals surface area contributed by atoms with Gasteiger partial charge in [-0.05, 0) is 99.4 Å². The first-order valence-corrected chi connectivity index (χ1v) is 13.3. The first-order chi connectivity index (χ1) is 12.4. The van der Waals surface area contributed by atoms with Gasteiger partial charge in [0.2, 0.25) is 0 Å². The van der Waals surface area contributed by atoms with Crippen LogP contribution < -0.4 is 0 Å². The van der Waals surface area contributed by atoms with Gasteiger partial charge in [-0.2, -0.15) is 0 Å². The molecule has 26 heavy (non-hydrogen) atoms. The molecule has 5 nitrogen and oxygen atoms in total. The van der Waals surface area contributed by atoms with E-state index in [1.807, 2.05) is 0 Å². The minimum Gasteiger partial charge on any atom is -0.394 e. The quantitative estimate of drug-likeness (QED) is 0.335. The minimum atomic E-state index is -2.10. The van der Waals surface area contributed by atoms with Crippen molar-refractivity contribution in [1.29, 1.82) is 0 Å². The number of rotatable bonds is 18. The lowest BCUT2D eigenvalue weighted by atomic mass is 10.3. The Morgan fingerprint density at radius 1 is 0.654 bits per heavy atom. The fourth-order valence-electron chi connectivity index (χ4n) is 3.54. The zero-order valence-electron chi connectivity index (χ0n) is 18.9. The van der Waals surface area contributed by atoms with Crippen LogP contribution in [0.2, 0.25) is 6.55 Å². The fraction of sp³-hybridized carbons (Fsp3) is 1.00. The zero-order chi connectivity index (χ0) is 19.8. The van der Waals surface area contributed by atoms with Crippen molar-refractivity contribution in [2.75, 3.05) is 72.7 Å². The first kappa shape index (κ1) is 26.0. The monoisotopic (exact) mass is 389 g/mol. The van der Waals surface area contributed by atoms with E-state index in [2.05, 4.69) is 63.0 Å². The van der Waals surface area contributed by atoms with Crippen molar-refractivity contribution in [3.8, 4) is 0 Å². The van der Waals surface area contributed by atoms with Crippen molar-refractivity contribution in [1.82, 2.24) is 14.7 Å². The Hall–Kier alpha value is 0.0169. The lowest BCUT2D eigenvalue weighted by Gasteiger charge is -2.33. The Morgan fingerprint density at radius 2 is 1.08 bits per heavy atom. The normalized spacial score (nSPS) is 12.7. The summed E-state index contributed by atoms with van der Waals surface area (Å²) in [6.07, 6.45) is 5.85. The summed E-state index contributed by atoms with van der Waals surface area (Å²) >= 11 is 0. The van der Waals surface area contributed by atoms with Gasteiger partial charge in [0, 0.05) is 19.4 Å². The van der Waals surface area contributed by atoms with Crippen LogP contribution in [0.4, 0.5) is 0 Å². The van der Waals surface area contributed by atoms with E-state index in [9.17, 15) is 0 Å². The molecule has 0 radical (unpaired) electrons. The van der Waals surface area contributed by atoms with Crippen molar-refractivity contribution >= 4 is 8.56 Å². The smallest absolute Gasteiger partial charge is 0.349 e. The molecule has 0 N–H and O–H groups in total. The molecule has 0 aromatic rings. The topological polar surface area (TPSA) is 28.2 Å². The van der Waals surface area contributed by atoms with Gasteiger partial charge in [-0.25, -0.2) is 0 Å². The average molecular weight is 390 g/mol. The maximum atomic E-state index is 6.09. The molecule has 0 fully saturated rings. The summed E-state index contributed by atoms with van der Waals surface area (Å²) in [6, 6.07) is 0. The van der Waals surface area contributed by atoms with E-state index in [1.54, 1.807) is 0 Å². The predicted molar refractivity (Wildman–Crippen MR) is 116 cm³/mol. The summed E-state index contributed by atoms with van der Waals surface area (Å²) in [6.45, 7) is 19.3. The molecule has 0 unspecified atom stereocenters. The van der Waals surface area contributed by atoms with Crippen LogP contribution in [0.15, 0.2) is 0 Å². The van der Waals surface area contributed by atoms with Gasteiger partial charge < -0.3 is 23.6 Å². The summed E-state index contributed by atoms with van der Waals surface area (Å²) < 4.78 is 12.2. The van der Waals surface area contributed by atoms with Crippen LogP contribution in [-0.4, -0.2) is 96.0 Å². The van der Waals surface area contributed by atoms with E-state index in [0.29, 0.717) is 0 Å². The lowest BCUT2D eigenvalue weighted by molar-refractivity contribution is 0.159. The second-order valence-electron chi connectivity index (χ2n) is 7.59. The third kappa shape index (κ3) is 13.2. The van der Waals surface area contributed by atoms with E-state index in [4.69, 9.17) is 8.85 Å². The molecule has 0 aliphatic heterocycles. The van der Waals surface area contributed by atoms with Gasteiger partial charge >= 0.3 is 8.56 Å². The van der Waals surface area contributed by atoms with E-state index in [-0.39, 0.29) is 0 Å². The molecule has 0 aliphatic carbocycles. The molecule has 0 saturated carbocycles. The highest BCUT2D eigenvalue weighted by atomic mass is 28.4. The third-order valence-corrected chi connectivity index (χ3v) is 7.47. The molecule has 0 saturated heterocycles. The van der Waals surface area contributed by atoms with Crippen molar-refractivity contribution in [3.63, 3.8) is 0 Å². The molecular weight excluding hydrogens is 342 g/mol. The summed E-state index contributed by atoms with van der Waals surface area (Å²) in [5.74, 6) is 0. The average Bonchev–Trinajstić information content (AvgIpc) is 2.55. The summed E-state index contributed by atoms with van der Waals surface area (Å²) in [5, 5.41) is 0. The number of hydrogen-bond acceptors (Lipinski definition) is 5. The van der Waals surface area contributed by atoms with Crippen molar-refractivity contribution in [2.45, 2.75) is 59.9 Å². The summed E-state index contributed by atoms with van der Waals surface area (Å²) in [7, 11) is 2.36. The van der Waals surface area contributed by atoms with Crippen LogP contribution in [0.3, 0.4) is 0 Å². The molecule has 0 atom stereocenters. The van der Waals surface area contributed by atoms with E-state index >= 15 is 0 Å². The summed E-state index contributed by atoms with van der Waals surface area (Å²) in [5.41, 5.74) is 0. The van der Waals surface area contributed by atoms with Gasteiger partial charge in [0.05, 0.1) is 0 Å². The van der Waals surface area contributed by atoms with Gasteiger partial charge in [-0.15, -0.1) is 0 Å². The van der Waals surface area contributed by atoms with Gasteiger partial charge in [0.25, 0.3) is 0 Å². The fourth-order valence-corrected chi connectivity index (χ4v) is 6.15. The van der Waals surface area contributed by atoms with Crippen LogP contribution in [0, 0.1) is 0 Å². The molecule has 0 rings (SSSR count). The highest BCUT2D eigenvalue weighted by Gasteiger charge is 2.33. The molecule has 0 aromatic heterocycles. The largest absolute Gasteiger partial charge is 0.394 e. The second kappa shape index (κ2) is 16.0. The van der Waals surface area contributed by atoms with Crippen LogP contribution >= 0.6 is 0 Å². The maximum absolute atomic E-state index is 6.09. The molecule has 0 bridgehead atoms. The number of hydrogen-bond donors (Lipinski definition) is 0. The van der Waals surface area contributed by atoms with Crippen molar-refractivity contribution in [2.24, 2.45) is 0 Å². The standard InChI is InChI=1S/C20H47N3O2Si/c1-8-14-21(5)16-12-18-23(19-13-17-22(6)15-9-2)20-26(7,24-10-3)25-11-4/h8-20H2,1-7H3. The Bertz CT molecular complexity index is 297. The van der Waals surface area contributed by atoms with Crippen LogP contribution in [0.1, 0.15) is 53.4 Å². The third-order valence-electron chi connectivity index (χ3n) is 4.65. The van der Waals surface area contributed by atoms with Crippen LogP contribution in [0.5, 0.6) is 0 Å². The minimum absolute atomic E-state index is 0.745. The van der Waals surface area contributed by atoms with Gasteiger partial charge in [-0.3, -0.25) is 0 Å². The Balaban J connectivity index is 4.59. The molecule has 6 heteroatoms. The highest BCUT2D eigenvalue weighted by Crippen LogP contribution is 2.11. The van der Waals surface area contributed by atoms with Gasteiger partial charge in [0.1, 0.15) is 0 Å². The molecule has 0 aliphatic rings. The van der Waals surface area contributed by atoms with Crippen molar-refractivity contribution < 1.29 is 8.85 Å². The Kier molecular flexibility index (Phi) is 16.0. The predicted octanol–water partition coefficient (Wildman–Crippen LogP) is 3.44. The molecule has 0 heterocycles. The Labute approximate surface area is 165 Å². The van der Waals surface area contributed by atoms with E-state index < -0.39 is 8.56 Å². The van der Waals surface area contributed by atoms with Crippen LogP contribution in [-0.2, 0) is 8.85 Å². The number of nitrogens with zero attached hydrogens (tertiary/aromatic N) is 3. The molecule has 0 amide bonds. The SMILES string of the molecule is CCCN(C)CCCN(CCCN(C)CCC)C[Si](C)(OCC)OCC. The zero-order valence-corrected chi connectivity index (χ0v) is 19.9. The molecular formula is C20H47N3O2Si. The second-order valence-corrected chi connectivity index (χ2v) is 10.8. The highest BCUT2D eigenvalue weighted by molar-refractivity contribution is 6.66. The van der Waals surface area contributed by atoms with E-state index in [0.717, 1.165) is 32.5 Å². The first-order valence-electron chi connectivity index (χ1n) is 10.8. The maximum Gasteiger partial charge on any atom is 0.349 e. The van der Waals surface area contributed by atoms with E-state index in [1.165, 1.54) is 51.9 Å².